The van der Waals surface area contributed by atoms with Crippen molar-refractivity contribution in [3.8, 4) is 0 Å². The number of hydrogen-bond donors (Lipinski definition) is 3. The van der Waals surface area contributed by atoms with Crippen LogP contribution in [-0.4, -0.2) is 17.0 Å². The monoisotopic (exact) mass is 347 g/mol. The van der Waals surface area contributed by atoms with Crippen molar-refractivity contribution in [3.05, 3.63) is 28.2 Å². The van der Waals surface area contributed by atoms with E-state index in [2.05, 4.69) is 26.4 Å². The molecule has 1 fully saturated rings. The third-order valence-electron chi connectivity index (χ3n) is 3.49. The van der Waals surface area contributed by atoms with Crippen LogP contribution in [0.2, 0.25) is 0 Å². The van der Waals surface area contributed by atoms with Gasteiger partial charge in [0.2, 0.25) is 5.91 Å². The zero-order chi connectivity index (χ0) is 14.9. The lowest BCUT2D eigenvalue weighted by Gasteiger charge is -2.38. The molecule has 1 aromatic rings. The number of amides is 1. The number of amidine groups is 1. The number of halogens is 3. The highest BCUT2D eigenvalue weighted by molar-refractivity contribution is 9.10. The summed E-state index contributed by atoms with van der Waals surface area (Å²) in [4.78, 5) is 12.2. The normalized spacial score (nSPS) is 17.4. The number of oxime groups is 1. The summed E-state index contributed by atoms with van der Waals surface area (Å²) < 4.78 is 27.6. The van der Waals surface area contributed by atoms with E-state index < -0.39 is 28.6 Å². The maximum Gasteiger partial charge on any atom is 0.238 e. The van der Waals surface area contributed by atoms with Gasteiger partial charge in [-0.2, -0.15) is 0 Å². The maximum absolute atomic E-state index is 13.7. The van der Waals surface area contributed by atoms with E-state index in [1.54, 1.807) is 0 Å². The van der Waals surface area contributed by atoms with Crippen molar-refractivity contribution in [3.63, 3.8) is 0 Å². The summed E-state index contributed by atoms with van der Waals surface area (Å²) in [5.41, 5.74) is 3.77. The highest BCUT2D eigenvalue weighted by atomic mass is 79.9. The third kappa shape index (κ3) is 2.35. The van der Waals surface area contributed by atoms with E-state index in [1.807, 2.05) is 0 Å². The molecule has 4 N–H and O–H groups in total. The fourth-order valence-corrected chi connectivity index (χ4v) is 2.52. The number of nitrogens with zero attached hydrogens (tertiary/aromatic N) is 1. The molecule has 8 heteroatoms. The molecule has 2 rings (SSSR count). The quantitative estimate of drug-likeness (QED) is 0.340. The highest BCUT2D eigenvalue weighted by Crippen LogP contribution is 2.42. The van der Waals surface area contributed by atoms with E-state index in [-0.39, 0.29) is 10.3 Å². The van der Waals surface area contributed by atoms with E-state index in [0.29, 0.717) is 12.8 Å². The van der Waals surface area contributed by atoms with Crippen molar-refractivity contribution in [2.75, 3.05) is 5.32 Å². The number of benzene rings is 1. The second-order valence-electron chi connectivity index (χ2n) is 4.62. The van der Waals surface area contributed by atoms with Crippen LogP contribution in [0.4, 0.5) is 14.5 Å². The van der Waals surface area contributed by atoms with Gasteiger partial charge >= 0.3 is 0 Å². The molecule has 108 valence electrons. The Morgan fingerprint density at radius 1 is 1.40 bits per heavy atom. The van der Waals surface area contributed by atoms with E-state index in [1.165, 1.54) is 0 Å². The lowest BCUT2D eigenvalue weighted by Crippen LogP contribution is -2.51. The Bertz CT molecular complexity index is 565. The average molecular weight is 348 g/mol. The van der Waals surface area contributed by atoms with Gasteiger partial charge in [-0.3, -0.25) is 4.79 Å². The lowest BCUT2D eigenvalue weighted by molar-refractivity contribution is -0.125. The Balaban J connectivity index is 2.29. The van der Waals surface area contributed by atoms with Crippen LogP contribution >= 0.6 is 15.9 Å². The van der Waals surface area contributed by atoms with Gasteiger partial charge in [0, 0.05) is 4.47 Å². The van der Waals surface area contributed by atoms with Crippen LogP contribution < -0.4 is 11.1 Å². The number of hydrogen-bond acceptors (Lipinski definition) is 3. The van der Waals surface area contributed by atoms with Gasteiger partial charge in [0.15, 0.2) is 17.5 Å². The summed E-state index contributed by atoms with van der Waals surface area (Å²) in [5, 5.41) is 13.7. The fourth-order valence-electron chi connectivity index (χ4n) is 2.12. The minimum Gasteiger partial charge on any atom is -0.409 e. The highest BCUT2D eigenvalue weighted by Gasteiger charge is 2.48. The predicted octanol–water partition coefficient (Wildman–Crippen LogP) is 2.58. The third-order valence-corrected chi connectivity index (χ3v) is 3.94. The van der Waals surface area contributed by atoms with Crippen LogP contribution in [0.25, 0.3) is 0 Å². The Labute approximate surface area is 122 Å². The van der Waals surface area contributed by atoms with Crippen LogP contribution in [0.3, 0.4) is 0 Å². The van der Waals surface area contributed by atoms with Crippen molar-refractivity contribution in [2.24, 2.45) is 16.3 Å². The maximum atomic E-state index is 13.7. The molecule has 0 heterocycles. The minimum atomic E-state index is -1.19. The van der Waals surface area contributed by atoms with Crippen LogP contribution in [-0.2, 0) is 4.79 Å². The number of anilines is 1. The molecule has 0 aromatic heterocycles. The smallest absolute Gasteiger partial charge is 0.238 e. The molecule has 5 nitrogen and oxygen atoms in total. The van der Waals surface area contributed by atoms with Gasteiger partial charge in [0.05, 0.1) is 0 Å². The van der Waals surface area contributed by atoms with Crippen molar-refractivity contribution in [2.45, 2.75) is 19.3 Å². The molecule has 0 spiro atoms. The molecule has 0 radical (unpaired) electrons. The van der Waals surface area contributed by atoms with Crippen LogP contribution in [0, 0.1) is 17.0 Å². The van der Waals surface area contributed by atoms with Gasteiger partial charge < -0.3 is 16.3 Å². The summed E-state index contributed by atoms with van der Waals surface area (Å²) in [7, 11) is 0. The molecule has 20 heavy (non-hydrogen) atoms. The number of rotatable bonds is 3. The number of nitrogens with two attached hydrogens (primary N) is 1. The molecule has 0 bridgehead atoms. The number of nitrogens with one attached hydrogen (secondary N) is 1. The Kier molecular flexibility index (Phi) is 3.94. The molecule has 1 aromatic carbocycles. The van der Waals surface area contributed by atoms with Crippen molar-refractivity contribution in [1.29, 1.82) is 0 Å². The first-order chi connectivity index (χ1) is 9.40. The first-order valence-electron chi connectivity index (χ1n) is 5.85. The van der Waals surface area contributed by atoms with Crippen molar-refractivity contribution in [1.82, 2.24) is 0 Å². The van der Waals surface area contributed by atoms with E-state index >= 15 is 0 Å². The van der Waals surface area contributed by atoms with Gasteiger partial charge in [-0.15, -0.1) is 0 Å². The van der Waals surface area contributed by atoms with Crippen LogP contribution in [0.15, 0.2) is 21.8 Å². The molecule has 0 unspecified atom stereocenters. The minimum absolute atomic E-state index is 0.222. The molecular formula is C12H12BrF2N3O2. The van der Waals surface area contributed by atoms with Gasteiger partial charge in [-0.05, 0) is 25.0 Å². The Hall–Kier alpha value is -1.70. The van der Waals surface area contributed by atoms with Gasteiger partial charge in [-0.1, -0.05) is 27.5 Å². The summed E-state index contributed by atoms with van der Waals surface area (Å²) in [5.74, 6) is -2.74. The Morgan fingerprint density at radius 2 is 1.95 bits per heavy atom. The predicted molar refractivity (Wildman–Crippen MR) is 72.4 cm³/mol. The molecule has 1 saturated carbocycles. The first-order valence-corrected chi connectivity index (χ1v) is 6.64. The summed E-state index contributed by atoms with van der Waals surface area (Å²) in [6.45, 7) is 0. The van der Waals surface area contributed by atoms with E-state index in [0.717, 1.165) is 18.6 Å². The van der Waals surface area contributed by atoms with Crippen LogP contribution in [0.1, 0.15) is 19.3 Å². The summed E-state index contributed by atoms with van der Waals surface area (Å²) >= 11 is 2.95. The van der Waals surface area contributed by atoms with Crippen molar-refractivity contribution >= 4 is 33.4 Å². The molecule has 1 aliphatic rings. The first kappa shape index (κ1) is 14.7. The largest absolute Gasteiger partial charge is 0.409 e. The van der Waals surface area contributed by atoms with Crippen LogP contribution in [0.5, 0.6) is 0 Å². The second-order valence-corrected chi connectivity index (χ2v) is 5.54. The standard InChI is InChI=1S/C12H12BrF2N3O2/c13-6-4-7(14)9(8(15)5-6)17-11(19)12(2-1-3-12)10(16)18-20/h4-5,20H,1-3H2,(H2,16,18)(H,17,19). The topological polar surface area (TPSA) is 87.7 Å². The summed E-state index contributed by atoms with van der Waals surface area (Å²) in [6.07, 6.45) is 1.46. The Morgan fingerprint density at radius 3 is 2.35 bits per heavy atom. The molecule has 0 aliphatic heterocycles. The second kappa shape index (κ2) is 5.35. The zero-order valence-corrected chi connectivity index (χ0v) is 11.9. The fraction of sp³-hybridized carbons (Fsp3) is 0.333. The molecule has 1 aliphatic carbocycles. The van der Waals surface area contributed by atoms with E-state index in [9.17, 15) is 13.6 Å². The lowest BCUT2D eigenvalue weighted by atomic mass is 9.67. The number of carbonyl (C=O) groups is 1. The van der Waals surface area contributed by atoms with Gasteiger partial charge in [0.1, 0.15) is 11.1 Å². The average Bonchev–Trinajstić information content (AvgIpc) is 2.32. The summed E-state index contributed by atoms with van der Waals surface area (Å²) in [6, 6.07) is 2.07. The van der Waals surface area contributed by atoms with Gasteiger partial charge in [0.25, 0.3) is 0 Å². The SMILES string of the molecule is NC(=NO)C1(C(=O)Nc2c(F)cc(Br)cc2F)CCC1. The molecule has 0 saturated heterocycles. The molecule has 0 atom stereocenters. The molecule has 1 amide bonds. The van der Waals surface area contributed by atoms with E-state index in [4.69, 9.17) is 10.9 Å². The number of carbonyl (C=O) groups excluding carboxylic acids is 1. The molecular weight excluding hydrogens is 336 g/mol. The zero-order valence-electron chi connectivity index (χ0n) is 10.3. The van der Waals surface area contributed by atoms with Crippen molar-refractivity contribution < 1.29 is 18.8 Å². The van der Waals surface area contributed by atoms with Gasteiger partial charge in [-0.25, -0.2) is 8.78 Å².